The van der Waals surface area contributed by atoms with Gasteiger partial charge in [-0.25, -0.2) is 0 Å². The van der Waals surface area contributed by atoms with Crippen molar-refractivity contribution in [3.8, 4) is 0 Å². The smallest absolute Gasteiger partial charge is 0.146 e. The summed E-state index contributed by atoms with van der Waals surface area (Å²) in [4.78, 5) is 13.2. The Labute approximate surface area is 197 Å². The van der Waals surface area contributed by atoms with Gasteiger partial charge in [0, 0.05) is 39.3 Å². The molecule has 0 aromatic carbocycles. The molecular formula is C27H50O5. The van der Waals surface area contributed by atoms with Crippen LogP contribution in [0.3, 0.4) is 0 Å². The number of hydrogen-bond acceptors (Lipinski definition) is 5. The molecule has 0 radical (unpaired) electrons. The van der Waals surface area contributed by atoms with Gasteiger partial charge < -0.3 is 19.3 Å². The molecule has 0 bridgehead atoms. The van der Waals surface area contributed by atoms with Crippen molar-refractivity contribution in [2.24, 2.45) is 17.3 Å². The van der Waals surface area contributed by atoms with Crippen LogP contribution in [-0.2, 0) is 19.0 Å². The van der Waals surface area contributed by atoms with Crippen molar-refractivity contribution in [2.45, 2.75) is 98.9 Å². The molecule has 5 nitrogen and oxygen atoms in total. The van der Waals surface area contributed by atoms with E-state index in [0.717, 1.165) is 25.7 Å². The standard InChI is InChI=1S/C27H50O5/c1-11-20(3)23(31-9)16-15-19(2)13-12-14-21(4)25(28)22(5)26(29)27(6,7)24(32-10)17-18-30-8/h11,15,21-25,28H,12-14,16-18H2,1-10H3/b19-15?,20-11+. The van der Waals surface area contributed by atoms with Crippen LogP contribution < -0.4 is 0 Å². The highest BCUT2D eigenvalue weighted by molar-refractivity contribution is 5.87. The summed E-state index contributed by atoms with van der Waals surface area (Å²) in [7, 11) is 5.02. The normalized spacial score (nSPS) is 18.2. The first-order valence-electron chi connectivity index (χ1n) is 12.0. The third kappa shape index (κ3) is 9.86. The Bertz CT molecular complexity index is 593. The van der Waals surface area contributed by atoms with Gasteiger partial charge in [-0.1, -0.05) is 45.4 Å². The number of aliphatic hydroxyl groups excluding tert-OH is 1. The fourth-order valence-corrected chi connectivity index (χ4v) is 4.33. The summed E-state index contributed by atoms with van der Waals surface area (Å²) < 4.78 is 16.3. The second kappa shape index (κ2) is 15.8. The lowest BCUT2D eigenvalue weighted by atomic mass is 9.73. The largest absolute Gasteiger partial charge is 0.392 e. The molecule has 5 heteroatoms. The maximum atomic E-state index is 13.2. The van der Waals surface area contributed by atoms with Crippen molar-refractivity contribution in [1.82, 2.24) is 0 Å². The Morgan fingerprint density at radius 3 is 2.19 bits per heavy atom. The number of rotatable bonds is 17. The Hall–Kier alpha value is -1.01. The third-order valence-corrected chi connectivity index (χ3v) is 6.98. The molecule has 0 fully saturated rings. The topological polar surface area (TPSA) is 65.0 Å². The third-order valence-electron chi connectivity index (χ3n) is 6.98. The van der Waals surface area contributed by atoms with Crippen molar-refractivity contribution in [1.29, 1.82) is 0 Å². The van der Waals surface area contributed by atoms with Crippen LogP contribution >= 0.6 is 0 Å². The molecule has 0 rings (SSSR count). The lowest BCUT2D eigenvalue weighted by Crippen LogP contribution is -2.45. The highest BCUT2D eigenvalue weighted by Gasteiger charge is 2.41. The zero-order valence-corrected chi connectivity index (χ0v) is 22.4. The van der Waals surface area contributed by atoms with Gasteiger partial charge >= 0.3 is 0 Å². The molecule has 5 unspecified atom stereocenters. The minimum atomic E-state index is -0.685. The Morgan fingerprint density at radius 1 is 1.06 bits per heavy atom. The average Bonchev–Trinajstić information content (AvgIpc) is 2.77. The quantitative estimate of drug-likeness (QED) is 0.283. The molecule has 1 N–H and O–H groups in total. The lowest BCUT2D eigenvalue weighted by molar-refractivity contribution is -0.144. The number of hydrogen-bond donors (Lipinski definition) is 1. The number of carbonyl (C=O) groups is 1. The zero-order valence-electron chi connectivity index (χ0n) is 22.4. The van der Waals surface area contributed by atoms with Gasteiger partial charge in [0.2, 0.25) is 0 Å². The van der Waals surface area contributed by atoms with Crippen molar-refractivity contribution < 1.29 is 24.1 Å². The minimum Gasteiger partial charge on any atom is -0.392 e. The molecule has 0 aliphatic rings. The van der Waals surface area contributed by atoms with E-state index in [9.17, 15) is 9.90 Å². The molecule has 0 saturated carbocycles. The van der Waals surface area contributed by atoms with Gasteiger partial charge in [0.15, 0.2) is 0 Å². The monoisotopic (exact) mass is 454 g/mol. The summed E-state index contributed by atoms with van der Waals surface area (Å²) in [5.41, 5.74) is 1.90. The maximum absolute atomic E-state index is 13.2. The minimum absolute atomic E-state index is 0.0424. The molecule has 0 spiro atoms. The van der Waals surface area contributed by atoms with Gasteiger partial charge in [-0.05, 0) is 64.4 Å². The van der Waals surface area contributed by atoms with Crippen LogP contribution in [0.1, 0.15) is 80.6 Å². The Balaban J connectivity index is 4.79. The van der Waals surface area contributed by atoms with E-state index in [1.807, 2.05) is 34.6 Å². The number of carbonyl (C=O) groups excluding carboxylic acids is 1. The van der Waals surface area contributed by atoms with E-state index in [2.05, 4.69) is 26.0 Å². The maximum Gasteiger partial charge on any atom is 0.146 e. The number of aliphatic hydroxyl groups is 1. The van der Waals surface area contributed by atoms with Crippen molar-refractivity contribution in [3.63, 3.8) is 0 Å². The summed E-state index contributed by atoms with van der Waals surface area (Å²) in [6.07, 6.45) is 7.94. The Morgan fingerprint density at radius 2 is 1.69 bits per heavy atom. The first-order valence-corrected chi connectivity index (χ1v) is 12.0. The van der Waals surface area contributed by atoms with Crippen LogP contribution in [0.15, 0.2) is 23.3 Å². The van der Waals surface area contributed by atoms with E-state index in [1.54, 1.807) is 21.3 Å². The number of allylic oxidation sites excluding steroid dienone is 2. The van der Waals surface area contributed by atoms with Crippen LogP contribution in [0.5, 0.6) is 0 Å². The van der Waals surface area contributed by atoms with Crippen LogP contribution in [0, 0.1) is 17.3 Å². The summed E-state index contributed by atoms with van der Waals surface area (Å²) in [5.74, 6) is -0.349. The van der Waals surface area contributed by atoms with Crippen molar-refractivity contribution in [2.75, 3.05) is 27.9 Å². The molecule has 0 heterocycles. The first-order chi connectivity index (χ1) is 15.0. The fraction of sp³-hybridized carbons (Fsp3) is 0.815. The summed E-state index contributed by atoms with van der Waals surface area (Å²) in [6, 6.07) is 0. The zero-order chi connectivity index (χ0) is 24.9. The van der Waals surface area contributed by atoms with Gasteiger partial charge in [-0.2, -0.15) is 0 Å². The highest BCUT2D eigenvalue weighted by atomic mass is 16.5. The molecule has 0 aromatic heterocycles. The molecule has 0 aliphatic heterocycles. The van der Waals surface area contributed by atoms with Crippen molar-refractivity contribution in [3.05, 3.63) is 23.3 Å². The molecule has 0 aromatic rings. The molecule has 5 atom stereocenters. The Kier molecular flexibility index (Phi) is 15.3. The average molecular weight is 455 g/mol. The number of Topliss-reactive ketones (excluding diaryl/α,β-unsaturated/α-hetero) is 1. The van der Waals surface area contributed by atoms with E-state index < -0.39 is 17.4 Å². The van der Waals surface area contributed by atoms with Gasteiger partial charge in [-0.3, -0.25) is 4.79 Å². The second-order valence-corrected chi connectivity index (χ2v) is 9.78. The van der Waals surface area contributed by atoms with E-state index in [4.69, 9.17) is 14.2 Å². The number of ether oxygens (including phenoxy) is 3. The summed E-state index contributed by atoms with van der Waals surface area (Å²) in [6.45, 7) is 14.5. The van der Waals surface area contributed by atoms with Gasteiger partial charge in [-0.15, -0.1) is 0 Å². The summed E-state index contributed by atoms with van der Waals surface area (Å²) in [5, 5.41) is 10.9. The molecule has 188 valence electrons. The molecule has 0 aliphatic carbocycles. The van der Waals surface area contributed by atoms with E-state index in [-0.39, 0.29) is 23.9 Å². The highest BCUT2D eigenvalue weighted by Crippen LogP contribution is 2.33. The molecule has 32 heavy (non-hydrogen) atoms. The fourth-order valence-electron chi connectivity index (χ4n) is 4.33. The molecule has 0 saturated heterocycles. The van der Waals surface area contributed by atoms with Crippen LogP contribution in [0.4, 0.5) is 0 Å². The lowest BCUT2D eigenvalue weighted by Gasteiger charge is -2.36. The van der Waals surface area contributed by atoms with Crippen LogP contribution in [0.25, 0.3) is 0 Å². The van der Waals surface area contributed by atoms with E-state index in [1.165, 1.54) is 11.1 Å². The van der Waals surface area contributed by atoms with E-state index in [0.29, 0.717) is 13.0 Å². The van der Waals surface area contributed by atoms with Crippen LogP contribution in [-0.4, -0.2) is 57.1 Å². The number of methoxy groups -OCH3 is 3. The predicted molar refractivity (Wildman–Crippen MR) is 133 cm³/mol. The second-order valence-electron chi connectivity index (χ2n) is 9.78. The van der Waals surface area contributed by atoms with Gasteiger partial charge in [0.1, 0.15) is 5.78 Å². The van der Waals surface area contributed by atoms with E-state index >= 15 is 0 Å². The van der Waals surface area contributed by atoms with Gasteiger partial charge in [0.25, 0.3) is 0 Å². The molecular weight excluding hydrogens is 404 g/mol. The predicted octanol–water partition coefficient (Wildman–Crippen LogP) is 5.75. The van der Waals surface area contributed by atoms with Crippen molar-refractivity contribution >= 4 is 5.78 Å². The molecule has 0 amide bonds. The first kappa shape index (κ1) is 31.0. The number of ketones is 1. The summed E-state index contributed by atoms with van der Waals surface area (Å²) >= 11 is 0. The van der Waals surface area contributed by atoms with Gasteiger partial charge in [0.05, 0.1) is 18.3 Å². The SMILES string of the molecule is C/C=C(\C)C(CC=C(C)CCCC(C)C(O)C(C)C(=O)C(C)(C)C(CCOC)OC)OC. The van der Waals surface area contributed by atoms with Crippen LogP contribution in [0.2, 0.25) is 0 Å².